The summed E-state index contributed by atoms with van der Waals surface area (Å²) in [6.07, 6.45) is 0.976. The van der Waals surface area contributed by atoms with Crippen LogP contribution in [0.25, 0.3) is 0 Å². The number of amides is 3. The fraction of sp³-hybridized carbons (Fsp3) is 0.750. The molecule has 18 heavy (non-hydrogen) atoms. The summed E-state index contributed by atoms with van der Waals surface area (Å²) in [5.41, 5.74) is -0.621. The van der Waals surface area contributed by atoms with Crippen LogP contribution in [0, 0.1) is 5.92 Å². The third kappa shape index (κ3) is 5.16. The zero-order chi connectivity index (χ0) is 13.9. The Hall–Kier alpha value is -1.59. The Labute approximate surface area is 106 Å². The first-order valence-electron chi connectivity index (χ1n) is 6.03. The molecule has 0 saturated heterocycles. The number of rotatable bonds is 3. The Morgan fingerprint density at radius 1 is 1.22 bits per heavy atom. The van der Waals surface area contributed by atoms with E-state index >= 15 is 0 Å². The van der Waals surface area contributed by atoms with Crippen molar-refractivity contribution in [3.63, 3.8) is 0 Å². The van der Waals surface area contributed by atoms with E-state index in [0.29, 0.717) is 0 Å². The molecule has 2 N–H and O–H groups in total. The van der Waals surface area contributed by atoms with Gasteiger partial charge in [0.2, 0.25) is 11.8 Å². The number of imide groups is 1. The van der Waals surface area contributed by atoms with Crippen LogP contribution in [-0.2, 0) is 14.3 Å². The highest BCUT2D eigenvalue weighted by molar-refractivity contribution is 6.00. The average molecular weight is 256 g/mol. The molecule has 6 heteroatoms. The van der Waals surface area contributed by atoms with Crippen molar-refractivity contribution in [2.24, 2.45) is 5.92 Å². The van der Waals surface area contributed by atoms with Crippen LogP contribution in [-0.4, -0.2) is 29.6 Å². The highest BCUT2D eigenvalue weighted by Gasteiger charge is 2.32. The Balaban J connectivity index is 2.34. The number of carbonyl (C=O) groups excluding carboxylic acids is 3. The molecule has 1 rings (SSSR count). The van der Waals surface area contributed by atoms with E-state index in [9.17, 15) is 14.4 Å². The lowest BCUT2D eigenvalue weighted by atomic mass is 10.2. The van der Waals surface area contributed by atoms with Crippen LogP contribution in [0.3, 0.4) is 0 Å². The van der Waals surface area contributed by atoms with Gasteiger partial charge in [0, 0.05) is 5.92 Å². The molecule has 0 aromatic carbocycles. The minimum absolute atomic E-state index is 0.0392. The minimum atomic E-state index is -0.803. The van der Waals surface area contributed by atoms with Crippen molar-refractivity contribution in [3.05, 3.63) is 0 Å². The predicted octanol–water partition coefficient (Wildman–Crippen LogP) is 0.952. The Morgan fingerprint density at radius 2 is 1.78 bits per heavy atom. The maximum atomic E-state index is 11.6. The van der Waals surface area contributed by atoms with E-state index in [1.54, 1.807) is 20.8 Å². The summed E-state index contributed by atoms with van der Waals surface area (Å²) in [6.45, 7) is 6.69. The van der Waals surface area contributed by atoms with Gasteiger partial charge in [-0.15, -0.1) is 0 Å². The number of ether oxygens (including phenoxy) is 1. The molecule has 0 aliphatic heterocycles. The van der Waals surface area contributed by atoms with Crippen LogP contribution >= 0.6 is 0 Å². The second-order valence-corrected chi connectivity index (χ2v) is 5.50. The first-order valence-corrected chi connectivity index (χ1v) is 6.03. The minimum Gasteiger partial charge on any atom is -0.444 e. The summed E-state index contributed by atoms with van der Waals surface area (Å²) >= 11 is 0. The molecule has 1 atom stereocenters. The third-order valence-corrected chi connectivity index (χ3v) is 2.32. The number of hydrogen-bond donors (Lipinski definition) is 2. The third-order valence-electron chi connectivity index (χ3n) is 2.32. The number of hydrogen-bond acceptors (Lipinski definition) is 4. The molecule has 102 valence electrons. The molecule has 0 spiro atoms. The van der Waals surface area contributed by atoms with Gasteiger partial charge in [-0.25, -0.2) is 4.79 Å². The van der Waals surface area contributed by atoms with E-state index in [1.807, 2.05) is 0 Å². The SMILES string of the molecule is CC(NC(=O)OC(C)(C)C)C(=O)NC(=O)C1CC1. The van der Waals surface area contributed by atoms with Gasteiger partial charge in [0.05, 0.1) is 0 Å². The summed E-state index contributed by atoms with van der Waals surface area (Å²) < 4.78 is 5.01. The first kappa shape index (κ1) is 14.5. The molecule has 0 aromatic heterocycles. The fourth-order valence-corrected chi connectivity index (χ4v) is 1.23. The average Bonchev–Trinajstić information content (AvgIpc) is 2.96. The summed E-state index contributed by atoms with van der Waals surface area (Å²) in [7, 11) is 0. The molecule has 1 aliphatic carbocycles. The molecule has 1 aliphatic rings. The standard InChI is InChI=1S/C12H20N2O4/c1-7(13-11(17)18-12(2,3)4)9(15)14-10(16)8-5-6-8/h7-8H,5-6H2,1-4H3,(H,13,17)(H,14,15,16). The van der Waals surface area contributed by atoms with Crippen molar-refractivity contribution in [2.45, 2.75) is 52.2 Å². The van der Waals surface area contributed by atoms with Crippen molar-refractivity contribution in [3.8, 4) is 0 Å². The fourth-order valence-electron chi connectivity index (χ4n) is 1.23. The molecular formula is C12H20N2O4. The summed E-state index contributed by atoms with van der Waals surface area (Å²) in [6, 6.07) is -0.803. The van der Waals surface area contributed by atoms with Crippen LogP contribution in [0.2, 0.25) is 0 Å². The van der Waals surface area contributed by atoms with Gasteiger partial charge in [0.1, 0.15) is 11.6 Å². The molecule has 0 radical (unpaired) electrons. The van der Waals surface area contributed by atoms with Gasteiger partial charge in [0.25, 0.3) is 0 Å². The van der Waals surface area contributed by atoms with E-state index in [0.717, 1.165) is 12.8 Å². The summed E-state index contributed by atoms with van der Waals surface area (Å²) in [4.78, 5) is 34.4. The van der Waals surface area contributed by atoms with Crippen LogP contribution < -0.4 is 10.6 Å². The maximum absolute atomic E-state index is 11.6. The summed E-state index contributed by atoms with van der Waals surface area (Å²) in [5.74, 6) is -0.821. The lowest BCUT2D eigenvalue weighted by molar-refractivity contribution is -0.132. The van der Waals surface area contributed by atoms with Gasteiger partial charge in [-0.2, -0.15) is 0 Å². The van der Waals surface area contributed by atoms with Crippen LogP contribution in [0.5, 0.6) is 0 Å². The second kappa shape index (κ2) is 5.37. The van der Waals surface area contributed by atoms with Gasteiger partial charge < -0.3 is 10.1 Å². The molecule has 0 bridgehead atoms. The van der Waals surface area contributed by atoms with Crippen LogP contribution in [0.1, 0.15) is 40.5 Å². The normalized spacial score (nSPS) is 16.7. The van der Waals surface area contributed by atoms with Gasteiger partial charge in [-0.1, -0.05) is 0 Å². The van der Waals surface area contributed by atoms with Gasteiger partial charge in [0.15, 0.2) is 0 Å². The Bertz CT molecular complexity index is 356. The number of alkyl carbamates (subject to hydrolysis) is 1. The van der Waals surface area contributed by atoms with Gasteiger partial charge in [-0.05, 0) is 40.5 Å². The highest BCUT2D eigenvalue weighted by atomic mass is 16.6. The number of carbonyl (C=O) groups is 3. The monoisotopic (exact) mass is 256 g/mol. The van der Waals surface area contributed by atoms with E-state index in [-0.39, 0.29) is 11.8 Å². The van der Waals surface area contributed by atoms with E-state index < -0.39 is 23.6 Å². The zero-order valence-electron chi connectivity index (χ0n) is 11.2. The van der Waals surface area contributed by atoms with Crippen molar-refractivity contribution < 1.29 is 19.1 Å². The Kier molecular flexibility index (Phi) is 4.32. The smallest absolute Gasteiger partial charge is 0.408 e. The van der Waals surface area contributed by atoms with Crippen LogP contribution in [0.4, 0.5) is 4.79 Å². The highest BCUT2D eigenvalue weighted by Crippen LogP contribution is 2.28. The van der Waals surface area contributed by atoms with Gasteiger partial charge in [-0.3, -0.25) is 14.9 Å². The van der Waals surface area contributed by atoms with E-state index in [4.69, 9.17) is 4.74 Å². The molecule has 3 amide bonds. The van der Waals surface area contributed by atoms with E-state index in [1.165, 1.54) is 6.92 Å². The molecule has 1 fully saturated rings. The Morgan fingerprint density at radius 3 is 2.22 bits per heavy atom. The molecule has 6 nitrogen and oxygen atoms in total. The molecular weight excluding hydrogens is 236 g/mol. The maximum Gasteiger partial charge on any atom is 0.408 e. The lowest BCUT2D eigenvalue weighted by Crippen LogP contribution is -2.48. The zero-order valence-corrected chi connectivity index (χ0v) is 11.2. The number of nitrogens with one attached hydrogen (secondary N) is 2. The van der Waals surface area contributed by atoms with Crippen molar-refractivity contribution >= 4 is 17.9 Å². The summed E-state index contributed by atoms with van der Waals surface area (Å²) in [5, 5.41) is 4.64. The molecule has 0 heterocycles. The van der Waals surface area contributed by atoms with Crippen molar-refractivity contribution in [1.29, 1.82) is 0 Å². The quantitative estimate of drug-likeness (QED) is 0.787. The molecule has 0 aromatic rings. The second-order valence-electron chi connectivity index (χ2n) is 5.50. The molecule has 1 saturated carbocycles. The van der Waals surface area contributed by atoms with Crippen molar-refractivity contribution in [1.82, 2.24) is 10.6 Å². The first-order chi connectivity index (χ1) is 8.19. The lowest BCUT2D eigenvalue weighted by Gasteiger charge is -2.21. The largest absolute Gasteiger partial charge is 0.444 e. The van der Waals surface area contributed by atoms with Crippen molar-refractivity contribution in [2.75, 3.05) is 0 Å². The molecule has 1 unspecified atom stereocenters. The van der Waals surface area contributed by atoms with Crippen LogP contribution in [0.15, 0.2) is 0 Å². The predicted molar refractivity (Wildman–Crippen MR) is 64.7 cm³/mol. The van der Waals surface area contributed by atoms with Gasteiger partial charge >= 0.3 is 6.09 Å². The van der Waals surface area contributed by atoms with E-state index in [2.05, 4.69) is 10.6 Å². The topological polar surface area (TPSA) is 84.5 Å².